The van der Waals surface area contributed by atoms with Crippen molar-refractivity contribution in [3.8, 4) is 0 Å². The third kappa shape index (κ3) is 2.34. The fourth-order valence-corrected chi connectivity index (χ4v) is 4.54. The van der Waals surface area contributed by atoms with E-state index in [-0.39, 0.29) is 4.90 Å². The van der Waals surface area contributed by atoms with E-state index in [0.29, 0.717) is 19.5 Å². The van der Waals surface area contributed by atoms with Gasteiger partial charge in [-0.1, -0.05) is 18.2 Å². The minimum Gasteiger partial charge on any atom is -0.357 e. The number of fused-ring (bicyclic) bond motifs is 3. The highest BCUT2D eigenvalue weighted by molar-refractivity contribution is 7.89. The van der Waals surface area contributed by atoms with E-state index in [0.717, 1.165) is 16.6 Å². The van der Waals surface area contributed by atoms with Crippen LogP contribution in [0.1, 0.15) is 11.3 Å². The Bertz CT molecular complexity index is 978. The van der Waals surface area contributed by atoms with Gasteiger partial charge in [0.2, 0.25) is 10.0 Å². The second kappa shape index (κ2) is 5.18. The van der Waals surface area contributed by atoms with Gasteiger partial charge in [-0.25, -0.2) is 12.8 Å². The van der Waals surface area contributed by atoms with Crippen molar-refractivity contribution in [1.82, 2.24) is 9.29 Å². The molecule has 0 aliphatic carbocycles. The molecule has 0 spiro atoms. The summed E-state index contributed by atoms with van der Waals surface area (Å²) in [6.45, 7) is 0.734. The van der Waals surface area contributed by atoms with Crippen LogP contribution in [0.4, 0.5) is 4.39 Å². The van der Waals surface area contributed by atoms with E-state index < -0.39 is 15.8 Å². The number of H-pyrrole nitrogens is 1. The number of benzene rings is 2. The molecule has 4 rings (SSSR count). The molecule has 1 N–H and O–H groups in total. The maximum absolute atomic E-state index is 13.0. The molecule has 0 atom stereocenters. The van der Waals surface area contributed by atoms with E-state index in [4.69, 9.17) is 0 Å². The Morgan fingerprint density at radius 1 is 1.04 bits per heavy atom. The van der Waals surface area contributed by atoms with Crippen molar-refractivity contribution in [1.29, 1.82) is 0 Å². The molecule has 1 aromatic heterocycles. The molecule has 4 nitrogen and oxygen atoms in total. The maximum Gasteiger partial charge on any atom is 0.243 e. The molecule has 0 unspecified atom stereocenters. The summed E-state index contributed by atoms with van der Waals surface area (Å²) in [7, 11) is -3.61. The van der Waals surface area contributed by atoms with Gasteiger partial charge in [0, 0.05) is 23.1 Å². The second-order valence-electron chi connectivity index (χ2n) is 5.67. The van der Waals surface area contributed by atoms with Crippen LogP contribution in [0.5, 0.6) is 0 Å². The lowest BCUT2D eigenvalue weighted by Gasteiger charge is -2.26. The maximum atomic E-state index is 13.0. The van der Waals surface area contributed by atoms with Crippen molar-refractivity contribution in [2.45, 2.75) is 17.9 Å². The number of hydrogen-bond donors (Lipinski definition) is 1. The number of aromatic nitrogens is 1. The van der Waals surface area contributed by atoms with E-state index in [9.17, 15) is 12.8 Å². The standard InChI is InChI=1S/C17H15FN2O2S/c18-12-5-7-13(8-6-12)23(21,22)20-10-9-15-14-3-1-2-4-16(14)19-17(15)11-20/h1-8,19H,9-11H2. The normalized spacial score (nSPS) is 15.7. The zero-order chi connectivity index (χ0) is 16.0. The second-order valence-corrected chi connectivity index (χ2v) is 7.61. The number of sulfonamides is 1. The van der Waals surface area contributed by atoms with E-state index in [1.807, 2.05) is 18.2 Å². The molecule has 0 fully saturated rings. The predicted molar refractivity (Wildman–Crippen MR) is 86.0 cm³/mol. The average molecular weight is 330 g/mol. The topological polar surface area (TPSA) is 53.2 Å². The van der Waals surface area contributed by atoms with Gasteiger partial charge in [0.05, 0.1) is 11.4 Å². The highest BCUT2D eigenvalue weighted by Crippen LogP contribution is 2.30. The summed E-state index contributed by atoms with van der Waals surface area (Å²) in [5.74, 6) is -0.444. The lowest BCUT2D eigenvalue weighted by molar-refractivity contribution is 0.388. The third-order valence-corrected chi connectivity index (χ3v) is 6.16. The largest absolute Gasteiger partial charge is 0.357 e. The van der Waals surface area contributed by atoms with Crippen LogP contribution < -0.4 is 0 Å². The molecule has 118 valence electrons. The molecule has 0 amide bonds. The van der Waals surface area contributed by atoms with Crippen molar-refractivity contribution < 1.29 is 12.8 Å². The van der Waals surface area contributed by atoms with Gasteiger partial charge in [-0.2, -0.15) is 4.31 Å². The Hall–Kier alpha value is -2.18. The average Bonchev–Trinajstić information content (AvgIpc) is 2.93. The molecule has 0 radical (unpaired) electrons. The highest BCUT2D eigenvalue weighted by atomic mass is 32.2. The summed E-state index contributed by atoms with van der Waals surface area (Å²) in [4.78, 5) is 3.44. The Morgan fingerprint density at radius 3 is 2.57 bits per heavy atom. The van der Waals surface area contributed by atoms with Crippen molar-refractivity contribution in [3.05, 3.63) is 65.6 Å². The van der Waals surface area contributed by atoms with E-state index in [2.05, 4.69) is 11.1 Å². The fraction of sp³-hybridized carbons (Fsp3) is 0.176. The van der Waals surface area contributed by atoms with Gasteiger partial charge in [0.25, 0.3) is 0 Å². The molecule has 1 aliphatic heterocycles. The number of nitrogens with one attached hydrogen (secondary N) is 1. The Balaban J connectivity index is 1.71. The van der Waals surface area contributed by atoms with Crippen LogP contribution in [0.3, 0.4) is 0 Å². The van der Waals surface area contributed by atoms with Gasteiger partial charge in [-0.3, -0.25) is 0 Å². The first-order chi connectivity index (χ1) is 11.1. The molecule has 0 bridgehead atoms. The molecule has 2 heterocycles. The van der Waals surface area contributed by atoms with Gasteiger partial charge < -0.3 is 4.98 Å². The highest BCUT2D eigenvalue weighted by Gasteiger charge is 2.30. The summed E-state index contributed by atoms with van der Waals surface area (Å²) in [6.07, 6.45) is 0.666. The van der Waals surface area contributed by atoms with Crippen molar-refractivity contribution in [2.24, 2.45) is 0 Å². The van der Waals surface area contributed by atoms with E-state index in [1.54, 1.807) is 0 Å². The number of rotatable bonds is 2. The number of halogens is 1. The van der Waals surface area contributed by atoms with Gasteiger partial charge >= 0.3 is 0 Å². The summed E-state index contributed by atoms with van der Waals surface area (Å²) in [6, 6.07) is 12.9. The van der Waals surface area contributed by atoms with Crippen LogP contribution in [0.25, 0.3) is 10.9 Å². The molecule has 0 saturated heterocycles. The first-order valence-electron chi connectivity index (χ1n) is 7.40. The number of hydrogen-bond acceptors (Lipinski definition) is 2. The molecule has 0 saturated carbocycles. The molecule has 6 heteroatoms. The first-order valence-corrected chi connectivity index (χ1v) is 8.84. The van der Waals surface area contributed by atoms with Crippen LogP contribution >= 0.6 is 0 Å². The zero-order valence-electron chi connectivity index (χ0n) is 12.3. The Kier molecular flexibility index (Phi) is 3.25. The van der Waals surface area contributed by atoms with Gasteiger partial charge in [0.1, 0.15) is 5.82 Å². The molecule has 2 aromatic carbocycles. The van der Waals surface area contributed by atoms with Crippen LogP contribution in [0.2, 0.25) is 0 Å². The third-order valence-electron chi connectivity index (χ3n) is 4.30. The molecular weight excluding hydrogens is 315 g/mol. The Morgan fingerprint density at radius 2 is 1.78 bits per heavy atom. The van der Waals surface area contributed by atoms with Crippen LogP contribution in [-0.2, 0) is 23.0 Å². The lowest BCUT2D eigenvalue weighted by atomic mass is 10.1. The summed E-state index contributed by atoms with van der Waals surface area (Å²) in [5.41, 5.74) is 3.15. The van der Waals surface area contributed by atoms with Crippen molar-refractivity contribution in [2.75, 3.05) is 6.54 Å². The van der Waals surface area contributed by atoms with Crippen molar-refractivity contribution >= 4 is 20.9 Å². The van der Waals surface area contributed by atoms with Crippen LogP contribution in [0, 0.1) is 5.82 Å². The SMILES string of the molecule is O=S(=O)(c1ccc(F)cc1)N1CCc2c([nH]c3ccccc23)C1. The Labute approximate surface area is 133 Å². The lowest BCUT2D eigenvalue weighted by Crippen LogP contribution is -2.35. The van der Waals surface area contributed by atoms with E-state index >= 15 is 0 Å². The number of para-hydroxylation sites is 1. The number of aromatic amines is 1. The first kappa shape index (κ1) is 14.4. The van der Waals surface area contributed by atoms with Gasteiger partial charge in [0.15, 0.2) is 0 Å². The summed E-state index contributed by atoms with van der Waals surface area (Å²) >= 11 is 0. The predicted octanol–water partition coefficient (Wildman–Crippen LogP) is 3.05. The molecule has 3 aromatic rings. The quantitative estimate of drug-likeness (QED) is 0.785. The van der Waals surface area contributed by atoms with Crippen LogP contribution in [0.15, 0.2) is 53.4 Å². The summed E-state index contributed by atoms with van der Waals surface area (Å²) < 4.78 is 39.9. The minimum atomic E-state index is -3.61. The van der Waals surface area contributed by atoms with Gasteiger partial charge in [-0.05, 0) is 42.3 Å². The fourth-order valence-electron chi connectivity index (χ4n) is 3.13. The minimum absolute atomic E-state index is 0.124. The molecule has 1 aliphatic rings. The van der Waals surface area contributed by atoms with Crippen molar-refractivity contribution in [3.63, 3.8) is 0 Å². The number of nitrogens with zero attached hydrogens (tertiary/aromatic N) is 1. The monoisotopic (exact) mass is 330 g/mol. The van der Waals surface area contributed by atoms with Crippen LogP contribution in [-0.4, -0.2) is 24.3 Å². The smallest absolute Gasteiger partial charge is 0.243 e. The van der Waals surface area contributed by atoms with E-state index in [1.165, 1.54) is 34.1 Å². The molecule has 23 heavy (non-hydrogen) atoms. The van der Waals surface area contributed by atoms with Gasteiger partial charge in [-0.15, -0.1) is 0 Å². The zero-order valence-corrected chi connectivity index (χ0v) is 13.1. The summed E-state index contributed by atoms with van der Waals surface area (Å²) in [5, 5.41) is 1.15. The molecular formula is C17H15FN2O2S.